The molecule has 0 aliphatic heterocycles. The second-order valence-electron chi connectivity index (χ2n) is 3.52. The lowest BCUT2D eigenvalue weighted by atomic mass is 10.1. The van der Waals surface area contributed by atoms with Crippen LogP contribution in [0.1, 0.15) is 15.9 Å². The van der Waals surface area contributed by atoms with Crippen LogP contribution in [0.25, 0.3) is 0 Å². The third kappa shape index (κ3) is 3.40. The van der Waals surface area contributed by atoms with E-state index in [2.05, 4.69) is 5.32 Å². The number of carboxylic acids is 1. The zero-order valence-corrected chi connectivity index (χ0v) is 9.66. The first kappa shape index (κ1) is 12.8. The molecule has 1 aromatic rings. The molecule has 1 unspecified atom stereocenters. The minimum absolute atomic E-state index is 0.144. The van der Waals surface area contributed by atoms with E-state index in [1.807, 2.05) is 0 Å². The van der Waals surface area contributed by atoms with Crippen molar-refractivity contribution >= 4 is 23.3 Å². The summed E-state index contributed by atoms with van der Waals surface area (Å²) >= 11 is 5.44. The standard InChI is InChI=1S/C11H14ClNO3/c1-7-2-3-8(4-10(7)11(15)16)13-6-9(14)5-12/h2-4,9,13-14H,5-6H2,1H3,(H,15,16). The molecule has 16 heavy (non-hydrogen) atoms. The number of nitrogens with one attached hydrogen (secondary N) is 1. The van der Waals surface area contributed by atoms with E-state index in [1.54, 1.807) is 25.1 Å². The molecule has 0 aliphatic rings. The predicted molar refractivity (Wildman–Crippen MR) is 63.4 cm³/mol. The van der Waals surface area contributed by atoms with E-state index in [9.17, 15) is 9.90 Å². The Hall–Kier alpha value is -1.26. The van der Waals surface area contributed by atoms with E-state index in [4.69, 9.17) is 16.7 Å². The molecule has 88 valence electrons. The van der Waals surface area contributed by atoms with E-state index in [1.165, 1.54) is 0 Å². The zero-order valence-electron chi connectivity index (χ0n) is 8.90. The van der Waals surface area contributed by atoms with Gasteiger partial charge in [0.2, 0.25) is 0 Å². The minimum Gasteiger partial charge on any atom is -0.478 e. The molecule has 0 amide bonds. The van der Waals surface area contributed by atoms with Crippen LogP contribution < -0.4 is 5.32 Å². The van der Waals surface area contributed by atoms with Crippen molar-refractivity contribution in [2.75, 3.05) is 17.7 Å². The first-order chi connectivity index (χ1) is 7.54. The molecule has 5 heteroatoms. The van der Waals surface area contributed by atoms with Crippen LogP contribution in [0.5, 0.6) is 0 Å². The van der Waals surface area contributed by atoms with E-state index in [-0.39, 0.29) is 11.4 Å². The Kier molecular flexibility index (Phi) is 4.58. The minimum atomic E-state index is -0.959. The van der Waals surface area contributed by atoms with Crippen LogP contribution in [0.2, 0.25) is 0 Å². The molecule has 1 rings (SSSR count). The van der Waals surface area contributed by atoms with Gasteiger partial charge in [-0.15, -0.1) is 11.6 Å². The van der Waals surface area contributed by atoms with E-state index in [0.717, 1.165) is 0 Å². The second-order valence-corrected chi connectivity index (χ2v) is 3.83. The molecule has 0 aliphatic carbocycles. The molecule has 0 bridgehead atoms. The summed E-state index contributed by atoms with van der Waals surface area (Å²) in [6.07, 6.45) is -0.642. The maximum absolute atomic E-state index is 10.9. The highest BCUT2D eigenvalue weighted by Crippen LogP contribution is 2.15. The summed E-state index contributed by atoms with van der Waals surface area (Å²) in [5.74, 6) is -0.816. The summed E-state index contributed by atoms with van der Waals surface area (Å²) in [4.78, 5) is 10.9. The van der Waals surface area contributed by atoms with Gasteiger partial charge >= 0.3 is 5.97 Å². The number of benzene rings is 1. The Morgan fingerprint density at radius 1 is 1.56 bits per heavy atom. The van der Waals surface area contributed by atoms with Crippen molar-refractivity contribution in [3.63, 3.8) is 0 Å². The van der Waals surface area contributed by atoms with E-state index >= 15 is 0 Å². The van der Waals surface area contributed by atoms with Crippen molar-refractivity contribution in [2.24, 2.45) is 0 Å². The molecule has 3 N–H and O–H groups in total. The fourth-order valence-electron chi connectivity index (χ4n) is 1.25. The molecule has 1 atom stereocenters. The highest BCUT2D eigenvalue weighted by atomic mass is 35.5. The summed E-state index contributed by atoms with van der Waals surface area (Å²) < 4.78 is 0. The highest BCUT2D eigenvalue weighted by molar-refractivity contribution is 6.18. The number of carbonyl (C=O) groups is 1. The summed E-state index contributed by atoms with van der Waals surface area (Å²) in [6, 6.07) is 5.03. The van der Waals surface area contributed by atoms with Gasteiger partial charge < -0.3 is 15.5 Å². The number of anilines is 1. The Balaban J connectivity index is 2.75. The lowest BCUT2D eigenvalue weighted by Crippen LogP contribution is -2.20. The lowest BCUT2D eigenvalue weighted by molar-refractivity contribution is 0.0696. The fraction of sp³-hybridized carbons (Fsp3) is 0.364. The number of aryl methyl sites for hydroxylation is 1. The number of rotatable bonds is 5. The van der Waals surface area contributed by atoms with Gasteiger partial charge in [-0.1, -0.05) is 6.07 Å². The molecule has 0 saturated carbocycles. The van der Waals surface area contributed by atoms with Gasteiger partial charge in [-0.25, -0.2) is 4.79 Å². The average Bonchev–Trinajstić information content (AvgIpc) is 2.27. The molecule has 0 aromatic heterocycles. The number of aliphatic hydroxyl groups excluding tert-OH is 1. The SMILES string of the molecule is Cc1ccc(NCC(O)CCl)cc1C(=O)O. The third-order valence-electron chi connectivity index (χ3n) is 2.19. The van der Waals surface area contributed by atoms with Crippen molar-refractivity contribution < 1.29 is 15.0 Å². The lowest BCUT2D eigenvalue weighted by Gasteiger charge is -2.11. The van der Waals surface area contributed by atoms with Gasteiger partial charge in [0.1, 0.15) is 0 Å². The van der Waals surface area contributed by atoms with Crippen LogP contribution in [0.3, 0.4) is 0 Å². The normalized spacial score (nSPS) is 12.2. The number of aromatic carboxylic acids is 1. The monoisotopic (exact) mass is 243 g/mol. The molecule has 0 radical (unpaired) electrons. The molecule has 1 aromatic carbocycles. The molecule has 4 nitrogen and oxygen atoms in total. The summed E-state index contributed by atoms with van der Waals surface area (Å²) in [5.41, 5.74) is 1.62. The van der Waals surface area contributed by atoms with Crippen LogP contribution in [0.15, 0.2) is 18.2 Å². The van der Waals surface area contributed by atoms with Crippen LogP contribution in [-0.2, 0) is 0 Å². The first-order valence-corrected chi connectivity index (χ1v) is 5.40. The third-order valence-corrected chi connectivity index (χ3v) is 2.54. The molecular formula is C11H14ClNO3. The van der Waals surface area contributed by atoms with Crippen LogP contribution >= 0.6 is 11.6 Å². The second kappa shape index (κ2) is 5.72. The van der Waals surface area contributed by atoms with E-state index in [0.29, 0.717) is 17.8 Å². The van der Waals surface area contributed by atoms with Crippen molar-refractivity contribution in [1.29, 1.82) is 0 Å². The molecule has 0 fully saturated rings. The van der Waals surface area contributed by atoms with Crippen molar-refractivity contribution in [3.05, 3.63) is 29.3 Å². The van der Waals surface area contributed by atoms with Crippen LogP contribution in [-0.4, -0.2) is 34.7 Å². The Bertz CT molecular complexity index is 381. The van der Waals surface area contributed by atoms with Gasteiger partial charge in [0.15, 0.2) is 0 Å². The van der Waals surface area contributed by atoms with Gasteiger partial charge in [0.25, 0.3) is 0 Å². The van der Waals surface area contributed by atoms with Crippen LogP contribution in [0.4, 0.5) is 5.69 Å². The molecule has 0 spiro atoms. The van der Waals surface area contributed by atoms with Gasteiger partial charge in [0, 0.05) is 12.2 Å². The van der Waals surface area contributed by atoms with Crippen molar-refractivity contribution in [1.82, 2.24) is 0 Å². The number of hydrogen-bond donors (Lipinski definition) is 3. The Morgan fingerprint density at radius 3 is 2.81 bits per heavy atom. The Labute approximate surface area is 98.9 Å². The number of alkyl halides is 1. The number of hydrogen-bond acceptors (Lipinski definition) is 3. The van der Waals surface area contributed by atoms with Crippen molar-refractivity contribution in [3.8, 4) is 0 Å². The maximum Gasteiger partial charge on any atom is 0.336 e. The molecule has 0 saturated heterocycles. The largest absolute Gasteiger partial charge is 0.478 e. The topological polar surface area (TPSA) is 69.6 Å². The highest BCUT2D eigenvalue weighted by Gasteiger charge is 2.08. The van der Waals surface area contributed by atoms with Crippen molar-refractivity contribution in [2.45, 2.75) is 13.0 Å². The van der Waals surface area contributed by atoms with Crippen LogP contribution in [0, 0.1) is 6.92 Å². The quantitative estimate of drug-likeness (QED) is 0.689. The molecular weight excluding hydrogens is 230 g/mol. The number of carboxylic acid groups (broad SMARTS) is 1. The average molecular weight is 244 g/mol. The maximum atomic E-state index is 10.9. The zero-order chi connectivity index (χ0) is 12.1. The summed E-state index contributed by atoms with van der Waals surface area (Å²) in [5, 5.41) is 21.1. The van der Waals surface area contributed by atoms with Gasteiger partial charge in [0.05, 0.1) is 17.5 Å². The van der Waals surface area contributed by atoms with Gasteiger partial charge in [-0.05, 0) is 24.6 Å². The summed E-state index contributed by atoms with van der Waals surface area (Å²) in [6.45, 7) is 2.03. The fourth-order valence-corrected chi connectivity index (χ4v) is 1.36. The smallest absolute Gasteiger partial charge is 0.336 e. The summed E-state index contributed by atoms with van der Waals surface area (Å²) in [7, 11) is 0. The number of aliphatic hydroxyl groups is 1. The first-order valence-electron chi connectivity index (χ1n) is 4.86. The van der Waals surface area contributed by atoms with E-state index < -0.39 is 12.1 Å². The predicted octanol–water partition coefficient (Wildman–Crippen LogP) is 1.70. The Morgan fingerprint density at radius 2 is 2.25 bits per heavy atom. The van der Waals surface area contributed by atoms with Gasteiger partial charge in [-0.3, -0.25) is 0 Å². The van der Waals surface area contributed by atoms with Gasteiger partial charge in [-0.2, -0.15) is 0 Å². The molecule has 0 heterocycles. The number of halogens is 1.